The van der Waals surface area contributed by atoms with Crippen LogP contribution in [0.5, 0.6) is 0 Å². The van der Waals surface area contributed by atoms with E-state index in [0.29, 0.717) is 6.29 Å². The van der Waals surface area contributed by atoms with Crippen molar-refractivity contribution in [3.8, 4) is 0 Å². The summed E-state index contributed by atoms with van der Waals surface area (Å²) in [6, 6.07) is 4.77. The fraction of sp³-hybridized carbons (Fsp3) is 0.0769. The zero-order valence-electron chi connectivity index (χ0n) is 9.24. The van der Waals surface area contributed by atoms with Gasteiger partial charge >= 0.3 is 0 Å². The van der Waals surface area contributed by atoms with Crippen molar-refractivity contribution in [3.63, 3.8) is 0 Å². The van der Waals surface area contributed by atoms with Gasteiger partial charge in [0.15, 0.2) is 12.1 Å². The first-order valence-corrected chi connectivity index (χ1v) is 5.21. The van der Waals surface area contributed by atoms with Crippen LogP contribution in [0.4, 0.5) is 8.78 Å². The highest BCUT2D eigenvalue weighted by Crippen LogP contribution is 2.15. The van der Waals surface area contributed by atoms with E-state index in [0.717, 1.165) is 12.1 Å². The average Bonchev–Trinajstić information content (AvgIpc) is 2.82. The van der Waals surface area contributed by atoms with Crippen molar-refractivity contribution >= 4 is 12.1 Å². The Hall–Kier alpha value is -2.30. The molecular weight excluding hydrogens is 240 g/mol. The summed E-state index contributed by atoms with van der Waals surface area (Å²) in [5.74, 6) is -1.97. The maximum atomic E-state index is 13.3. The number of aldehydes is 1. The predicted octanol–water partition coefficient (Wildman–Crippen LogP) is 2.53. The second-order valence-electron chi connectivity index (χ2n) is 3.76. The van der Waals surface area contributed by atoms with E-state index in [1.807, 2.05) is 0 Å². The topological polar surface area (TPSA) is 49.9 Å². The summed E-state index contributed by atoms with van der Waals surface area (Å²) in [7, 11) is 0. The van der Waals surface area contributed by atoms with Gasteiger partial charge in [-0.15, -0.1) is 0 Å². The minimum Gasteiger partial charge on any atom is -0.358 e. The van der Waals surface area contributed by atoms with E-state index in [1.54, 1.807) is 0 Å². The number of hydrogen-bond donors (Lipinski definition) is 1. The van der Waals surface area contributed by atoms with Gasteiger partial charge in [0.1, 0.15) is 11.6 Å². The molecule has 0 bridgehead atoms. The van der Waals surface area contributed by atoms with Gasteiger partial charge in [-0.1, -0.05) is 6.07 Å². The number of aromatic amines is 1. The zero-order chi connectivity index (χ0) is 13.1. The van der Waals surface area contributed by atoms with Crippen molar-refractivity contribution in [2.24, 2.45) is 0 Å². The van der Waals surface area contributed by atoms with Crippen LogP contribution in [0.1, 0.15) is 26.4 Å². The van der Waals surface area contributed by atoms with Crippen LogP contribution in [-0.2, 0) is 6.42 Å². The van der Waals surface area contributed by atoms with Crippen LogP contribution < -0.4 is 0 Å². The molecule has 3 nitrogen and oxygen atoms in total. The number of ketones is 1. The highest BCUT2D eigenvalue weighted by molar-refractivity contribution is 5.98. The number of Topliss-reactive ketones (excluding diaryl/α,β-unsaturated/α-hetero) is 1. The molecule has 5 heteroatoms. The van der Waals surface area contributed by atoms with E-state index < -0.39 is 17.4 Å². The molecule has 92 valence electrons. The summed E-state index contributed by atoms with van der Waals surface area (Å²) >= 11 is 0. The first-order valence-electron chi connectivity index (χ1n) is 5.21. The molecule has 1 heterocycles. The van der Waals surface area contributed by atoms with Gasteiger partial charge in [0.25, 0.3) is 0 Å². The van der Waals surface area contributed by atoms with E-state index in [4.69, 9.17) is 0 Å². The smallest absolute Gasteiger partial charge is 0.168 e. The molecule has 0 saturated heterocycles. The lowest BCUT2D eigenvalue weighted by Gasteiger charge is -2.02. The third kappa shape index (κ3) is 2.34. The lowest BCUT2D eigenvalue weighted by atomic mass is 10.0. The van der Waals surface area contributed by atoms with E-state index in [9.17, 15) is 18.4 Å². The molecule has 0 aliphatic heterocycles. The molecule has 0 spiro atoms. The van der Waals surface area contributed by atoms with Gasteiger partial charge < -0.3 is 4.98 Å². The molecule has 0 saturated carbocycles. The normalized spacial score (nSPS) is 10.3. The molecule has 1 N–H and O–H groups in total. The summed E-state index contributed by atoms with van der Waals surface area (Å²) in [5.41, 5.74) is 0.198. The number of rotatable bonds is 4. The number of halogens is 2. The molecule has 0 aliphatic carbocycles. The summed E-state index contributed by atoms with van der Waals surface area (Å²) in [4.78, 5) is 24.8. The van der Waals surface area contributed by atoms with Gasteiger partial charge in [-0.25, -0.2) is 8.78 Å². The Morgan fingerprint density at radius 3 is 2.50 bits per heavy atom. The average molecular weight is 249 g/mol. The van der Waals surface area contributed by atoms with Crippen LogP contribution in [-0.4, -0.2) is 17.1 Å². The Balaban J connectivity index is 2.23. The van der Waals surface area contributed by atoms with E-state index in [2.05, 4.69) is 4.98 Å². The van der Waals surface area contributed by atoms with E-state index in [-0.39, 0.29) is 23.2 Å². The van der Waals surface area contributed by atoms with Crippen molar-refractivity contribution in [2.75, 3.05) is 0 Å². The third-order valence-electron chi connectivity index (χ3n) is 2.55. The van der Waals surface area contributed by atoms with E-state index >= 15 is 0 Å². The number of carbonyl (C=O) groups is 2. The number of carbonyl (C=O) groups excluding carboxylic acids is 2. The Bertz CT molecular complexity index is 585. The Kier molecular flexibility index (Phi) is 3.32. The molecule has 1 aromatic carbocycles. The summed E-state index contributed by atoms with van der Waals surface area (Å²) in [5, 5.41) is 0. The van der Waals surface area contributed by atoms with Gasteiger partial charge in [0.2, 0.25) is 0 Å². The molecule has 0 atom stereocenters. The molecule has 0 radical (unpaired) electrons. The van der Waals surface area contributed by atoms with Gasteiger partial charge in [-0.3, -0.25) is 9.59 Å². The van der Waals surface area contributed by atoms with Crippen molar-refractivity contribution in [3.05, 3.63) is 58.9 Å². The first kappa shape index (κ1) is 12.2. The fourth-order valence-electron chi connectivity index (χ4n) is 1.60. The summed E-state index contributed by atoms with van der Waals surface area (Å²) < 4.78 is 26.7. The minimum absolute atomic E-state index is 0.222. The SMILES string of the molecule is O=Cc1cc(C(=O)Cc2c(F)cccc2F)c[nH]1. The maximum Gasteiger partial charge on any atom is 0.168 e. The van der Waals surface area contributed by atoms with Gasteiger partial charge in [-0.2, -0.15) is 0 Å². The molecule has 0 unspecified atom stereocenters. The number of aromatic nitrogens is 1. The van der Waals surface area contributed by atoms with Crippen LogP contribution >= 0.6 is 0 Å². The monoisotopic (exact) mass is 249 g/mol. The Labute approximate surface area is 101 Å². The molecule has 0 aliphatic rings. The highest BCUT2D eigenvalue weighted by atomic mass is 19.1. The Morgan fingerprint density at radius 2 is 1.94 bits per heavy atom. The van der Waals surface area contributed by atoms with Crippen molar-refractivity contribution in [1.29, 1.82) is 0 Å². The van der Waals surface area contributed by atoms with Gasteiger partial charge in [0, 0.05) is 23.7 Å². The quantitative estimate of drug-likeness (QED) is 0.668. The zero-order valence-corrected chi connectivity index (χ0v) is 9.24. The largest absolute Gasteiger partial charge is 0.358 e. The number of nitrogens with one attached hydrogen (secondary N) is 1. The molecule has 1 aromatic heterocycles. The second kappa shape index (κ2) is 4.91. The second-order valence-corrected chi connectivity index (χ2v) is 3.76. The number of H-pyrrole nitrogens is 1. The molecule has 18 heavy (non-hydrogen) atoms. The fourth-order valence-corrected chi connectivity index (χ4v) is 1.60. The van der Waals surface area contributed by atoms with Crippen molar-refractivity contribution in [1.82, 2.24) is 4.98 Å². The van der Waals surface area contributed by atoms with Gasteiger partial charge in [0.05, 0.1) is 5.69 Å². The number of hydrogen-bond acceptors (Lipinski definition) is 2. The van der Waals surface area contributed by atoms with Crippen LogP contribution in [0, 0.1) is 11.6 Å². The van der Waals surface area contributed by atoms with Crippen LogP contribution in [0.25, 0.3) is 0 Å². The van der Waals surface area contributed by atoms with Crippen LogP contribution in [0.2, 0.25) is 0 Å². The van der Waals surface area contributed by atoms with E-state index in [1.165, 1.54) is 18.3 Å². The summed E-state index contributed by atoms with van der Waals surface area (Å²) in [6.45, 7) is 0. The van der Waals surface area contributed by atoms with Crippen molar-refractivity contribution < 1.29 is 18.4 Å². The summed E-state index contributed by atoms with van der Waals surface area (Å²) in [6.07, 6.45) is 1.51. The van der Waals surface area contributed by atoms with Crippen LogP contribution in [0.15, 0.2) is 30.5 Å². The predicted molar refractivity (Wildman–Crippen MR) is 60.6 cm³/mol. The molecule has 0 fully saturated rings. The standard InChI is InChI=1S/C13H9F2NO2/c14-11-2-1-3-12(15)10(11)5-13(18)8-4-9(7-17)16-6-8/h1-4,6-7,16H,5H2. The third-order valence-corrected chi connectivity index (χ3v) is 2.55. The lowest BCUT2D eigenvalue weighted by molar-refractivity contribution is 0.0990. The lowest BCUT2D eigenvalue weighted by Crippen LogP contribution is -2.06. The Morgan fingerprint density at radius 1 is 1.28 bits per heavy atom. The van der Waals surface area contributed by atoms with Crippen molar-refractivity contribution in [2.45, 2.75) is 6.42 Å². The minimum atomic E-state index is -0.755. The maximum absolute atomic E-state index is 13.3. The molecule has 2 rings (SSSR count). The van der Waals surface area contributed by atoms with Crippen LogP contribution in [0.3, 0.4) is 0 Å². The first-order chi connectivity index (χ1) is 8.61. The molecule has 0 amide bonds. The molecule has 2 aromatic rings. The molecular formula is C13H9F2NO2. The van der Waals surface area contributed by atoms with Gasteiger partial charge in [-0.05, 0) is 18.2 Å². The highest BCUT2D eigenvalue weighted by Gasteiger charge is 2.15. The number of benzene rings is 1.